The highest BCUT2D eigenvalue weighted by atomic mass is 35.6. The molecule has 0 saturated carbocycles. The van der Waals surface area contributed by atoms with Gasteiger partial charge < -0.3 is 0 Å². The summed E-state index contributed by atoms with van der Waals surface area (Å²) in [4.78, 5) is 0. The van der Waals surface area contributed by atoms with E-state index in [1.54, 1.807) is 0 Å². The Morgan fingerprint density at radius 3 is 1.41 bits per heavy atom. The molecule has 0 saturated heterocycles. The van der Waals surface area contributed by atoms with Gasteiger partial charge in [0.1, 0.15) is 0 Å². The third kappa shape index (κ3) is 4.68. The van der Waals surface area contributed by atoms with Gasteiger partial charge in [0.2, 0.25) is 0 Å². The van der Waals surface area contributed by atoms with Crippen molar-refractivity contribution in [2.75, 3.05) is 0 Å². The molecular weight excluding hydrogens is 403 g/mol. The van der Waals surface area contributed by atoms with Crippen LogP contribution >= 0.6 is 22.2 Å². The van der Waals surface area contributed by atoms with Crippen LogP contribution in [0.5, 0.6) is 0 Å². The van der Waals surface area contributed by atoms with Gasteiger partial charge in [-0.1, -0.05) is 100.0 Å². The van der Waals surface area contributed by atoms with E-state index in [0.717, 1.165) is 0 Å². The fraction of sp³-hybridized carbons (Fsp3) is 0.304. The van der Waals surface area contributed by atoms with Crippen molar-refractivity contribution in [3.05, 3.63) is 70.1 Å². The Labute approximate surface area is 175 Å². The molecule has 1 aliphatic rings. The smallest absolute Gasteiger partial charge is 0.162 e. The van der Waals surface area contributed by atoms with Crippen molar-refractivity contribution in [1.82, 2.24) is 0 Å². The van der Waals surface area contributed by atoms with Crippen molar-refractivity contribution in [3.63, 3.8) is 0 Å². The van der Waals surface area contributed by atoms with E-state index in [-0.39, 0.29) is 5.41 Å². The summed E-state index contributed by atoms with van der Waals surface area (Å²) in [5.74, 6) is 0. The predicted octanol–water partition coefficient (Wildman–Crippen LogP) is 7.99. The lowest BCUT2D eigenvalue weighted by Gasteiger charge is -2.22. The van der Waals surface area contributed by atoms with E-state index in [2.05, 4.69) is 100.0 Å². The van der Waals surface area contributed by atoms with E-state index in [0.29, 0.717) is 0 Å². The molecule has 3 rings (SSSR count). The molecular formula is C23H28Cl2Si2. The highest BCUT2D eigenvalue weighted by molar-refractivity contribution is 7.22. The van der Waals surface area contributed by atoms with Crippen molar-refractivity contribution < 1.29 is 0 Å². The number of benzene rings is 2. The molecule has 4 heteroatoms. The number of fused-ring (bicyclic) bond motifs is 3. The van der Waals surface area contributed by atoms with E-state index in [1.807, 2.05) is 0 Å². The monoisotopic (exact) mass is 430 g/mol. The quantitative estimate of drug-likeness (QED) is 0.340. The van der Waals surface area contributed by atoms with Gasteiger partial charge in [0.15, 0.2) is 14.8 Å². The second-order valence-electron chi connectivity index (χ2n) is 9.03. The maximum absolute atomic E-state index is 6.45. The molecule has 2 aromatic rings. The third-order valence-corrected chi connectivity index (χ3v) is 7.74. The maximum atomic E-state index is 6.45. The molecule has 0 heterocycles. The van der Waals surface area contributed by atoms with Gasteiger partial charge in [-0.15, -0.1) is 0 Å². The van der Waals surface area contributed by atoms with Gasteiger partial charge in [-0.3, -0.25) is 0 Å². The van der Waals surface area contributed by atoms with E-state index in [9.17, 15) is 0 Å². The van der Waals surface area contributed by atoms with Crippen LogP contribution in [0, 0.1) is 0 Å². The molecule has 0 aliphatic heterocycles. The van der Waals surface area contributed by atoms with Crippen LogP contribution in [-0.4, -0.2) is 14.8 Å². The lowest BCUT2D eigenvalue weighted by atomic mass is 9.81. The van der Waals surface area contributed by atoms with Crippen LogP contribution in [0.4, 0.5) is 0 Å². The molecule has 0 nitrogen and oxygen atoms in total. The van der Waals surface area contributed by atoms with Gasteiger partial charge in [0.25, 0.3) is 0 Å². The number of hydrogen-bond donors (Lipinski definition) is 0. The topological polar surface area (TPSA) is 0 Å². The summed E-state index contributed by atoms with van der Waals surface area (Å²) in [5.41, 5.74) is 12.3. The highest BCUT2D eigenvalue weighted by Crippen LogP contribution is 2.49. The van der Waals surface area contributed by atoms with E-state index in [1.165, 1.54) is 33.4 Å². The molecule has 142 valence electrons. The number of hydrogen-bond acceptors (Lipinski definition) is 0. The molecule has 0 unspecified atom stereocenters. The Morgan fingerprint density at radius 1 is 0.704 bits per heavy atom. The summed E-state index contributed by atoms with van der Waals surface area (Å²) in [5, 5.41) is 0. The second-order valence-corrected chi connectivity index (χ2v) is 21.8. The van der Waals surface area contributed by atoms with Crippen LogP contribution in [0.2, 0.25) is 26.2 Å². The summed E-state index contributed by atoms with van der Waals surface area (Å²) in [7, 11) is -3.44. The van der Waals surface area contributed by atoms with Crippen LogP contribution in [0.15, 0.2) is 47.8 Å². The minimum absolute atomic E-state index is 0.0137. The molecule has 1 aliphatic carbocycles. The molecule has 0 atom stereocenters. The first-order chi connectivity index (χ1) is 12.4. The van der Waals surface area contributed by atoms with Gasteiger partial charge in [0.05, 0.1) is 0 Å². The Kier molecular flexibility index (Phi) is 5.41. The van der Waals surface area contributed by atoms with Crippen molar-refractivity contribution in [2.45, 2.75) is 45.5 Å². The fourth-order valence-electron chi connectivity index (χ4n) is 3.57. The van der Waals surface area contributed by atoms with Crippen LogP contribution < -0.4 is 0 Å². The van der Waals surface area contributed by atoms with Crippen molar-refractivity contribution in [1.29, 1.82) is 0 Å². The van der Waals surface area contributed by atoms with Crippen LogP contribution in [0.3, 0.4) is 0 Å². The Bertz CT molecular complexity index is 851. The minimum atomic E-state index is -1.72. The lowest BCUT2D eigenvalue weighted by molar-refractivity contribution is 0.660. The third-order valence-electron chi connectivity index (χ3n) is 5.07. The molecule has 27 heavy (non-hydrogen) atoms. The van der Waals surface area contributed by atoms with Gasteiger partial charge in [0, 0.05) is 5.41 Å². The first-order valence-electron chi connectivity index (χ1n) is 9.43. The normalized spacial score (nSPS) is 16.1. The standard InChI is InChI=1S/C23H28Cl2Si2/c1-23(2)21-15-17(11-13-26(3,4)24)7-9-19(21)20-10-8-18(16-22(20)23)12-14-27(5,6)25/h7-16H,1-6H3/b13-11+,14-12+. The lowest BCUT2D eigenvalue weighted by Crippen LogP contribution is -2.15. The zero-order valence-corrected chi connectivity index (χ0v) is 20.5. The summed E-state index contributed by atoms with van der Waals surface area (Å²) in [6, 6.07) is 13.6. The zero-order valence-electron chi connectivity index (χ0n) is 17.0. The SMILES string of the molecule is CC1(C)c2cc(/C=C/[Si](C)(C)Cl)ccc2-c2ccc(/C=C/[Si](C)(C)Cl)cc21. The number of halogens is 2. The first-order valence-corrected chi connectivity index (χ1v) is 17.6. The Morgan fingerprint density at radius 2 is 1.07 bits per heavy atom. The molecule has 0 radical (unpaired) electrons. The largest absolute Gasteiger partial charge is 0.173 e. The average molecular weight is 432 g/mol. The maximum Gasteiger partial charge on any atom is 0.173 e. The second kappa shape index (κ2) is 7.07. The van der Waals surface area contributed by atoms with E-state index >= 15 is 0 Å². The zero-order chi connectivity index (χ0) is 20.0. The molecule has 0 amide bonds. The molecule has 2 aromatic carbocycles. The van der Waals surface area contributed by atoms with Gasteiger partial charge in [-0.25, -0.2) is 0 Å². The van der Waals surface area contributed by atoms with Crippen molar-refractivity contribution >= 4 is 49.1 Å². The van der Waals surface area contributed by atoms with Crippen molar-refractivity contribution in [2.24, 2.45) is 0 Å². The fourth-order valence-corrected chi connectivity index (χ4v) is 5.12. The Hall–Kier alpha value is -1.07. The highest BCUT2D eigenvalue weighted by Gasteiger charge is 2.35. The molecule has 0 aromatic heterocycles. The van der Waals surface area contributed by atoms with Crippen molar-refractivity contribution in [3.8, 4) is 11.1 Å². The predicted molar refractivity (Wildman–Crippen MR) is 129 cm³/mol. The van der Waals surface area contributed by atoms with Gasteiger partial charge >= 0.3 is 0 Å². The summed E-state index contributed by atoms with van der Waals surface area (Å²) in [6.45, 7) is 13.2. The summed E-state index contributed by atoms with van der Waals surface area (Å²) in [6.07, 6.45) is 4.36. The van der Waals surface area contributed by atoms with E-state index < -0.39 is 14.8 Å². The Balaban J connectivity index is 2.02. The van der Waals surface area contributed by atoms with Crippen LogP contribution in [-0.2, 0) is 5.41 Å². The van der Waals surface area contributed by atoms with Gasteiger partial charge in [-0.2, -0.15) is 22.2 Å². The molecule has 0 spiro atoms. The summed E-state index contributed by atoms with van der Waals surface area (Å²) < 4.78 is 0. The van der Waals surface area contributed by atoms with Gasteiger partial charge in [-0.05, 0) is 33.4 Å². The molecule has 0 N–H and O–H groups in total. The number of rotatable bonds is 4. The molecule has 0 fully saturated rings. The van der Waals surface area contributed by atoms with Crippen LogP contribution in [0.25, 0.3) is 23.3 Å². The summed E-state index contributed by atoms with van der Waals surface area (Å²) >= 11 is 12.9. The van der Waals surface area contributed by atoms with E-state index in [4.69, 9.17) is 22.2 Å². The average Bonchev–Trinajstić information content (AvgIpc) is 2.77. The van der Waals surface area contributed by atoms with Crippen LogP contribution in [0.1, 0.15) is 36.1 Å². The minimum Gasteiger partial charge on any atom is -0.162 e. The first kappa shape index (κ1) is 20.7. The molecule has 0 bridgehead atoms.